The van der Waals surface area contributed by atoms with E-state index in [0.717, 1.165) is 11.3 Å². The second-order valence-corrected chi connectivity index (χ2v) is 3.11. The molecule has 75 valence electrons. The molecule has 2 aromatic heterocycles. The minimum Gasteiger partial charge on any atom is -0.426 e. The van der Waals surface area contributed by atoms with E-state index in [2.05, 4.69) is 21.2 Å². The molecule has 15 heavy (non-hydrogen) atoms. The monoisotopic (exact) mass is 277 g/mol. The van der Waals surface area contributed by atoms with Crippen molar-refractivity contribution in [1.82, 2.24) is 15.2 Å². The van der Waals surface area contributed by atoms with E-state index in [4.69, 9.17) is 4.42 Å². The van der Waals surface area contributed by atoms with Crippen molar-refractivity contribution < 1.29 is 37.1 Å². The van der Waals surface area contributed by atoms with Crippen molar-refractivity contribution >= 4 is 0 Å². The fourth-order valence-electron chi connectivity index (χ4n) is 1.11. The van der Waals surface area contributed by atoms with E-state index in [9.17, 15) is 0 Å². The van der Waals surface area contributed by atoms with Gasteiger partial charge in [0.15, 0.2) is 0 Å². The second-order valence-electron chi connectivity index (χ2n) is 3.11. The van der Waals surface area contributed by atoms with Crippen LogP contribution in [0.15, 0.2) is 16.7 Å². The van der Waals surface area contributed by atoms with Crippen molar-refractivity contribution in [2.75, 3.05) is 0 Å². The van der Waals surface area contributed by atoms with Crippen LogP contribution in [-0.2, 0) is 39.1 Å². The van der Waals surface area contributed by atoms with Gasteiger partial charge in [-0.3, -0.25) is 0 Å². The Hall–Kier alpha value is -0.606. The Morgan fingerprint density at radius 3 is 2.67 bits per heavy atom. The number of hydrogen-bond acceptors (Lipinski definition) is 4. The summed E-state index contributed by atoms with van der Waals surface area (Å²) in [5, 5.41) is 7.64. The van der Waals surface area contributed by atoms with Crippen LogP contribution in [0.1, 0.15) is 23.0 Å². The van der Waals surface area contributed by atoms with Gasteiger partial charge in [-0.2, -0.15) is 12.1 Å². The Morgan fingerprint density at radius 1 is 1.33 bits per heavy atom. The van der Waals surface area contributed by atoms with Crippen LogP contribution in [0.5, 0.6) is 0 Å². The zero-order valence-corrected chi connectivity index (χ0v) is 11.5. The van der Waals surface area contributed by atoms with Gasteiger partial charge in [-0.15, -0.1) is 15.8 Å². The van der Waals surface area contributed by atoms with E-state index in [1.165, 1.54) is 0 Å². The van der Waals surface area contributed by atoms with Crippen LogP contribution < -0.4 is 0 Å². The third-order valence-electron chi connectivity index (χ3n) is 1.79. The summed E-state index contributed by atoms with van der Waals surface area (Å²) in [6.45, 7) is 3.72. The van der Waals surface area contributed by atoms with Gasteiger partial charge in [0, 0.05) is 46.1 Å². The Bertz CT molecular complexity index is 424. The van der Waals surface area contributed by atoms with Crippen LogP contribution in [0.4, 0.5) is 0 Å². The average Bonchev–Trinajstić information content (AvgIpc) is 2.56. The van der Waals surface area contributed by atoms with E-state index < -0.39 is 0 Å². The number of hydrogen-bond donors (Lipinski definition) is 0. The molecule has 0 aliphatic rings. The first-order valence-corrected chi connectivity index (χ1v) is 4.36. The first kappa shape index (κ1) is 12.5. The van der Waals surface area contributed by atoms with Crippen LogP contribution >= 0.6 is 0 Å². The molecule has 2 rings (SSSR count). The fourth-order valence-corrected chi connectivity index (χ4v) is 1.11. The Kier molecular flexibility index (Phi) is 4.55. The van der Waals surface area contributed by atoms with Crippen molar-refractivity contribution in [2.45, 2.75) is 20.3 Å². The normalized spacial score (nSPS) is 9.73. The molecule has 5 heteroatoms. The maximum atomic E-state index is 5.24. The Balaban J connectivity index is 0.00000112. The van der Waals surface area contributed by atoms with E-state index in [-0.39, 0.29) is 32.7 Å². The van der Waals surface area contributed by atoms with E-state index in [1.54, 1.807) is 13.1 Å². The summed E-state index contributed by atoms with van der Waals surface area (Å²) in [4.78, 5) is 4.22. The van der Waals surface area contributed by atoms with Crippen molar-refractivity contribution in [2.24, 2.45) is 0 Å². The van der Waals surface area contributed by atoms with Gasteiger partial charge in [0.25, 0.3) is 0 Å². The smallest absolute Gasteiger partial charge is 0.213 e. The zero-order valence-electron chi connectivity index (χ0n) is 8.69. The van der Waals surface area contributed by atoms with Crippen LogP contribution in [0, 0.1) is 19.9 Å². The molecule has 0 atom stereocenters. The summed E-state index contributed by atoms with van der Waals surface area (Å²) in [5.41, 5.74) is 1.91. The quantitative estimate of drug-likeness (QED) is 0.780. The maximum absolute atomic E-state index is 5.24. The van der Waals surface area contributed by atoms with Crippen LogP contribution in [0.2, 0.25) is 0 Å². The molecule has 0 fully saturated rings. The molecule has 0 unspecified atom stereocenters. The van der Waals surface area contributed by atoms with Gasteiger partial charge < -0.3 is 9.40 Å². The Morgan fingerprint density at radius 2 is 2.13 bits per heavy atom. The maximum Gasteiger partial charge on any atom is 0.213 e. The van der Waals surface area contributed by atoms with Gasteiger partial charge in [-0.25, -0.2) is 0 Å². The summed E-state index contributed by atoms with van der Waals surface area (Å²) >= 11 is 0. The minimum absolute atomic E-state index is 0. The van der Waals surface area contributed by atoms with Crippen molar-refractivity contribution in [3.8, 4) is 0 Å². The molecular formula is C10H10N3OY-. The summed E-state index contributed by atoms with van der Waals surface area (Å²) in [6, 6.07) is 4.92. The summed E-state index contributed by atoms with van der Waals surface area (Å²) in [7, 11) is 0. The number of pyridine rings is 1. The Labute approximate surface area is 113 Å². The van der Waals surface area contributed by atoms with E-state index in [0.29, 0.717) is 18.2 Å². The molecular weight excluding hydrogens is 267 g/mol. The molecule has 0 aliphatic heterocycles. The average molecular weight is 277 g/mol. The SMILES string of the molecule is Cc1[c-]cc(Cc2nnc(C)o2)nc1.[Y]. The van der Waals surface area contributed by atoms with E-state index in [1.807, 2.05) is 13.0 Å². The van der Waals surface area contributed by atoms with Crippen molar-refractivity contribution in [1.29, 1.82) is 0 Å². The van der Waals surface area contributed by atoms with Crippen molar-refractivity contribution in [3.63, 3.8) is 0 Å². The standard InChI is InChI=1S/C10H10N3O.Y/c1-7-3-4-9(11-6-7)5-10-13-12-8(2)14-10;/h4,6H,5H2,1-2H3;/q-1;. The molecule has 4 nitrogen and oxygen atoms in total. The molecule has 0 saturated heterocycles. The largest absolute Gasteiger partial charge is 0.426 e. The number of aromatic nitrogens is 3. The van der Waals surface area contributed by atoms with Gasteiger partial charge in [-0.1, -0.05) is 18.8 Å². The molecule has 0 amide bonds. The van der Waals surface area contributed by atoms with Gasteiger partial charge in [0.2, 0.25) is 11.8 Å². The fraction of sp³-hybridized carbons (Fsp3) is 0.300. The predicted octanol–water partition coefficient (Wildman–Crippen LogP) is 1.47. The predicted molar refractivity (Wildman–Crippen MR) is 49.7 cm³/mol. The molecule has 2 heterocycles. The molecule has 0 bridgehead atoms. The third-order valence-corrected chi connectivity index (χ3v) is 1.79. The summed E-state index contributed by atoms with van der Waals surface area (Å²) in [5.74, 6) is 1.17. The minimum atomic E-state index is 0. The molecule has 0 spiro atoms. The first-order valence-electron chi connectivity index (χ1n) is 4.36. The molecule has 2 aromatic rings. The molecule has 1 radical (unpaired) electrons. The van der Waals surface area contributed by atoms with Crippen LogP contribution in [0.25, 0.3) is 0 Å². The number of rotatable bonds is 2. The number of aryl methyl sites for hydroxylation is 2. The summed E-state index contributed by atoms with van der Waals surface area (Å²) in [6.07, 6.45) is 2.34. The second kappa shape index (κ2) is 5.47. The first-order chi connectivity index (χ1) is 6.74. The van der Waals surface area contributed by atoms with Gasteiger partial charge in [0.1, 0.15) is 0 Å². The molecule has 0 aliphatic carbocycles. The van der Waals surface area contributed by atoms with Gasteiger partial charge in [0.05, 0.1) is 0 Å². The number of nitrogens with zero attached hydrogens (tertiary/aromatic N) is 3. The van der Waals surface area contributed by atoms with Crippen molar-refractivity contribution in [3.05, 3.63) is 41.4 Å². The summed E-state index contributed by atoms with van der Waals surface area (Å²) < 4.78 is 5.24. The van der Waals surface area contributed by atoms with Gasteiger partial charge in [-0.05, 0) is 0 Å². The molecule has 0 aromatic carbocycles. The molecule has 0 N–H and O–H groups in total. The molecule has 0 saturated carbocycles. The van der Waals surface area contributed by atoms with Gasteiger partial charge >= 0.3 is 0 Å². The van der Waals surface area contributed by atoms with Crippen LogP contribution in [0.3, 0.4) is 0 Å². The van der Waals surface area contributed by atoms with Crippen LogP contribution in [-0.4, -0.2) is 15.2 Å². The zero-order chi connectivity index (χ0) is 9.97. The van der Waals surface area contributed by atoms with E-state index >= 15 is 0 Å². The third kappa shape index (κ3) is 3.47. The topological polar surface area (TPSA) is 51.8 Å².